The minimum absolute atomic E-state index is 0.0135. The molecular formula is C13H19NO2S. The number of amides is 1. The average Bonchev–Trinajstić information content (AvgIpc) is 2.33. The molecule has 0 bridgehead atoms. The molecule has 1 amide bonds. The molecule has 0 unspecified atom stereocenters. The van der Waals surface area contributed by atoms with Gasteiger partial charge >= 0.3 is 0 Å². The molecule has 0 fully saturated rings. The largest absolute Gasteiger partial charge is 0.392 e. The Kier molecular flexibility index (Phi) is 6.74. The molecule has 0 aliphatic carbocycles. The molecule has 1 rings (SSSR count). The average molecular weight is 253 g/mol. The van der Waals surface area contributed by atoms with Gasteiger partial charge in [0.25, 0.3) is 0 Å². The molecule has 1 atom stereocenters. The predicted octanol–water partition coefficient (Wildman–Crippen LogP) is 2.06. The third-order valence-electron chi connectivity index (χ3n) is 2.15. The number of aliphatic hydroxyl groups excluding tert-OH is 1. The van der Waals surface area contributed by atoms with E-state index in [9.17, 15) is 4.79 Å². The minimum atomic E-state index is -0.474. The maximum atomic E-state index is 11.3. The smallest absolute Gasteiger partial charge is 0.220 e. The SMILES string of the molecule is C[C@H](O)CNC(=O)CCCSc1ccccc1. The van der Waals surface area contributed by atoms with Crippen molar-refractivity contribution in [3.05, 3.63) is 30.3 Å². The molecule has 2 N–H and O–H groups in total. The van der Waals surface area contributed by atoms with Crippen LogP contribution in [0.15, 0.2) is 35.2 Å². The summed E-state index contributed by atoms with van der Waals surface area (Å²) >= 11 is 1.76. The van der Waals surface area contributed by atoms with E-state index < -0.39 is 6.10 Å². The Balaban J connectivity index is 2.06. The monoisotopic (exact) mass is 253 g/mol. The fourth-order valence-electron chi connectivity index (χ4n) is 1.29. The summed E-state index contributed by atoms with van der Waals surface area (Å²) in [6, 6.07) is 10.2. The maximum absolute atomic E-state index is 11.3. The second-order valence-corrected chi connectivity index (χ2v) is 5.09. The van der Waals surface area contributed by atoms with Crippen molar-refractivity contribution in [2.24, 2.45) is 0 Å². The lowest BCUT2D eigenvalue weighted by molar-refractivity contribution is -0.121. The molecule has 17 heavy (non-hydrogen) atoms. The van der Waals surface area contributed by atoms with Crippen molar-refractivity contribution < 1.29 is 9.90 Å². The Morgan fingerprint density at radius 2 is 2.12 bits per heavy atom. The highest BCUT2D eigenvalue weighted by Gasteiger charge is 2.02. The zero-order valence-corrected chi connectivity index (χ0v) is 10.9. The van der Waals surface area contributed by atoms with Gasteiger partial charge in [-0.15, -0.1) is 11.8 Å². The highest BCUT2D eigenvalue weighted by atomic mass is 32.2. The number of nitrogens with one attached hydrogen (secondary N) is 1. The van der Waals surface area contributed by atoms with Crippen molar-refractivity contribution in [2.75, 3.05) is 12.3 Å². The summed E-state index contributed by atoms with van der Waals surface area (Å²) in [5, 5.41) is 11.7. The van der Waals surface area contributed by atoms with Gasteiger partial charge in [0.1, 0.15) is 0 Å². The predicted molar refractivity (Wildman–Crippen MR) is 71.1 cm³/mol. The Labute approximate surface area is 107 Å². The summed E-state index contributed by atoms with van der Waals surface area (Å²) in [7, 11) is 0. The number of rotatable bonds is 7. The number of benzene rings is 1. The number of hydrogen-bond acceptors (Lipinski definition) is 3. The van der Waals surface area contributed by atoms with Crippen molar-refractivity contribution in [2.45, 2.75) is 30.8 Å². The molecule has 1 aromatic carbocycles. The molecule has 0 saturated carbocycles. The van der Waals surface area contributed by atoms with Gasteiger partial charge in [0.15, 0.2) is 0 Å². The maximum Gasteiger partial charge on any atom is 0.220 e. The van der Waals surface area contributed by atoms with Crippen LogP contribution in [0.4, 0.5) is 0 Å². The lowest BCUT2D eigenvalue weighted by Gasteiger charge is -2.06. The van der Waals surface area contributed by atoms with E-state index in [1.165, 1.54) is 4.90 Å². The molecule has 0 radical (unpaired) electrons. The minimum Gasteiger partial charge on any atom is -0.392 e. The molecule has 0 saturated heterocycles. The van der Waals surface area contributed by atoms with Crippen LogP contribution in [0.2, 0.25) is 0 Å². The van der Waals surface area contributed by atoms with E-state index in [-0.39, 0.29) is 5.91 Å². The van der Waals surface area contributed by atoms with Crippen LogP contribution in [-0.2, 0) is 4.79 Å². The topological polar surface area (TPSA) is 49.3 Å². The van der Waals surface area contributed by atoms with Crippen LogP contribution in [0.3, 0.4) is 0 Å². The van der Waals surface area contributed by atoms with Gasteiger partial charge in [0.2, 0.25) is 5.91 Å². The van der Waals surface area contributed by atoms with E-state index in [0.717, 1.165) is 12.2 Å². The number of carbonyl (C=O) groups is 1. The van der Waals surface area contributed by atoms with E-state index in [1.807, 2.05) is 18.2 Å². The van der Waals surface area contributed by atoms with Gasteiger partial charge in [-0.1, -0.05) is 18.2 Å². The molecule has 0 spiro atoms. The Morgan fingerprint density at radius 1 is 1.41 bits per heavy atom. The first-order valence-corrected chi connectivity index (χ1v) is 6.79. The molecule has 0 aliphatic heterocycles. The number of hydrogen-bond donors (Lipinski definition) is 2. The van der Waals surface area contributed by atoms with Crippen molar-refractivity contribution in [1.29, 1.82) is 0 Å². The van der Waals surface area contributed by atoms with Gasteiger partial charge < -0.3 is 10.4 Å². The van der Waals surface area contributed by atoms with Gasteiger partial charge in [-0.2, -0.15) is 0 Å². The molecule has 0 heterocycles. The van der Waals surface area contributed by atoms with Crippen LogP contribution in [0, 0.1) is 0 Å². The third-order valence-corrected chi connectivity index (χ3v) is 3.25. The van der Waals surface area contributed by atoms with Crippen LogP contribution < -0.4 is 5.32 Å². The number of thioether (sulfide) groups is 1. The molecule has 0 aliphatic rings. The van der Waals surface area contributed by atoms with E-state index in [1.54, 1.807) is 18.7 Å². The summed E-state index contributed by atoms with van der Waals surface area (Å²) in [4.78, 5) is 12.6. The molecular weight excluding hydrogens is 234 g/mol. The highest BCUT2D eigenvalue weighted by molar-refractivity contribution is 7.99. The van der Waals surface area contributed by atoms with Crippen molar-refractivity contribution >= 4 is 17.7 Å². The van der Waals surface area contributed by atoms with E-state index in [2.05, 4.69) is 17.4 Å². The quantitative estimate of drug-likeness (QED) is 0.577. The number of aliphatic hydroxyl groups is 1. The first kappa shape index (κ1) is 14.1. The summed E-state index contributed by atoms with van der Waals surface area (Å²) in [6.45, 7) is 2.00. The van der Waals surface area contributed by atoms with Crippen LogP contribution >= 0.6 is 11.8 Å². The second kappa shape index (κ2) is 8.14. The zero-order valence-electron chi connectivity index (χ0n) is 10.1. The fraction of sp³-hybridized carbons (Fsp3) is 0.462. The molecule has 3 nitrogen and oxygen atoms in total. The lowest BCUT2D eigenvalue weighted by Crippen LogP contribution is -2.30. The first-order chi connectivity index (χ1) is 8.18. The van der Waals surface area contributed by atoms with Gasteiger partial charge in [0, 0.05) is 17.9 Å². The van der Waals surface area contributed by atoms with Gasteiger partial charge in [-0.3, -0.25) is 4.79 Å². The second-order valence-electron chi connectivity index (χ2n) is 3.92. The molecule has 94 valence electrons. The van der Waals surface area contributed by atoms with E-state index in [0.29, 0.717) is 13.0 Å². The fourth-order valence-corrected chi connectivity index (χ4v) is 2.16. The van der Waals surface area contributed by atoms with Crippen LogP contribution in [0.25, 0.3) is 0 Å². The Morgan fingerprint density at radius 3 is 2.76 bits per heavy atom. The molecule has 1 aromatic rings. The number of carbonyl (C=O) groups excluding carboxylic acids is 1. The van der Waals surface area contributed by atoms with Crippen molar-refractivity contribution in [3.63, 3.8) is 0 Å². The Hall–Kier alpha value is -1.00. The zero-order chi connectivity index (χ0) is 12.5. The summed E-state index contributed by atoms with van der Waals surface area (Å²) in [5.74, 6) is 0.950. The molecule has 4 heteroatoms. The standard InChI is InChI=1S/C13H19NO2S/c1-11(15)10-14-13(16)8-5-9-17-12-6-3-2-4-7-12/h2-4,6-7,11,15H,5,8-10H2,1H3,(H,14,16)/t11-/m0/s1. The lowest BCUT2D eigenvalue weighted by atomic mass is 10.3. The van der Waals surface area contributed by atoms with Gasteiger partial charge in [-0.05, 0) is 31.2 Å². The van der Waals surface area contributed by atoms with Crippen LogP contribution in [0.1, 0.15) is 19.8 Å². The Bertz CT molecular complexity index is 327. The first-order valence-electron chi connectivity index (χ1n) is 5.81. The van der Waals surface area contributed by atoms with Crippen LogP contribution in [0.5, 0.6) is 0 Å². The highest BCUT2D eigenvalue weighted by Crippen LogP contribution is 2.18. The van der Waals surface area contributed by atoms with Crippen LogP contribution in [-0.4, -0.2) is 29.4 Å². The third kappa shape index (κ3) is 7.02. The summed E-state index contributed by atoms with van der Waals surface area (Å²) in [5.41, 5.74) is 0. The summed E-state index contributed by atoms with van der Waals surface area (Å²) in [6.07, 6.45) is 0.898. The normalized spacial score (nSPS) is 12.1. The summed E-state index contributed by atoms with van der Waals surface area (Å²) < 4.78 is 0. The molecule has 0 aromatic heterocycles. The van der Waals surface area contributed by atoms with E-state index >= 15 is 0 Å². The van der Waals surface area contributed by atoms with E-state index in [4.69, 9.17) is 5.11 Å². The van der Waals surface area contributed by atoms with Crippen molar-refractivity contribution in [1.82, 2.24) is 5.32 Å². The van der Waals surface area contributed by atoms with Crippen molar-refractivity contribution in [3.8, 4) is 0 Å². The van der Waals surface area contributed by atoms with Gasteiger partial charge in [0.05, 0.1) is 6.10 Å². The van der Waals surface area contributed by atoms with Gasteiger partial charge in [-0.25, -0.2) is 0 Å².